The number of hydrogen-bond acceptors (Lipinski definition) is 0. The van der Waals surface area contributed by atoms with E-state index in [0.29, 0.717) is 0 Å². The van der Waals surface area contributed by atoms with Gasteiger partial charge < -0.3 is 4.98 Å². The second-order valence-electron chi connectivity index (χ2n) is 4.50. The molecule has 1 aromatic heterocycles. The molecule has 3 aromatic carbocycles. The Morgan fingerprint density at radius 3 is 2.39 bits per heavy atom. The fourth-order valence-electron chi connectivity index (χ4n) is 2.60. The lowest BCUT2D eigenvalue weighted by molar-refractivity contribution is 1.55. The average molecular weight is 252 g/mol. The molecule has 2 heteroatoms. The first-order valence-corrected chi connectivity index (χ1v) is 6.30. The highest BCUT2D eigenvalue weighted by Crippen LogP contribution is 2.35. The van der Waals surface area contributed by atoms with Crippen molar-refractivity contribution in [1.82, 2.24) is 4.98 Å². The summed E-state index contributed by atoms with van der Waals surface area (Å²) in [4.78, 5) is 3.41. The average Bonchev–Trinajstić information content (AvgIpc) is 2.79. The van der Waals surface area contributed by atoms with E-state index < -0.39 is 0 Å². The molecular formula is C16H10ClN. The quantitative estimate of drug-likeness (QED) is 0.446. The Morgan fingerprint density at radius 1 is 0.778 bits per heavy atom. The van der Waals surface area contributed by atoms with Crippen molar-refractivity contribution in [1.29, 1.82) is 0 Å². The molecule has 0 aliphatic heterocycles. The van der Waals surface area contributed by atoms with Gasteiger partial charge >= 0.3 is 0 Å². The predicted molar refractivity (Wildman–Crippen MR) is 78.3 cm³/mol. The number of aromatic amines is 1. The van der Waals surface area contributed by atoms with Crippen molar-refractivity contribution in [2.24, 2.45) is 0 Å². The van der Waals surface area contributed by atoms with Gasteiger partial charge in [-0.2, -0.15) is 0 Å². The molecule has 0 amide bonds. The summed E-state index contributed by atoms with van der Waals surface area (Å²) in [5.74, 6) is 0. The topological polar surface area (TPSA) is 15.8 Å². The van der Waals surface area contributed by atoms with Crippen molar-refractivity contribution in [2.45, 2.75) is 0 Å². The highest BCUT2D eigenvalue weighted by atomic mass is 35.5. The number of halogens is 1. The van der Waals surface area contributed by atoms with Crippen LogP contribution in [0.15, 0.2) is 54.6 Å². The highest BCUT2D eigenvalue weighted by molar-refractivity contribution is 6.41. The first-order valence-electron chi connectivity index (χ1n) is 5.92. The minimum absolute atomic E-state index is 0.805. The largest absolute Gasteiger partial charge is 0.353 e. The molecule has 0 fully saturated rings. The summed E-state index contributed by atoms with van der Waals surface area (Å²) >= 11 is 6.51. The van der Waals surface area contributed by atoms with Crippen LogP contribution in [0.4, 0.5) is 0 Å². The van der Waals surface area contributed by atoms with Gasteiger partial charge in [0.15, 0.2) is 0 Å². The molecule has 1 nitrogen and oxygen atoms in total. The molecule has 86 valence electrons. The number of rotatable bonds is 0. The Kier molecular flexibility index (Phi) is 1.94. The zero-order valence-corrected chi connectivity index (χ0v) is 10.3. The lowest BCUT2D eigenvalue weighted by Gasteiger charge is -2.02. The SMILES string of the molecule is Clc1c2ccccc2cc2c1[nH]c1ccccc12. The van der Waals surface area contributed by atoms with Crippen molar-refractivity contribution in [3.63, 3.8) is 0 Å². The maximum atomic E-state index is 6.51. The van der Waals surface area contributed by atoms with Crippen LogP contribution in [-0.2, 0) is 0 Å². The molecule has 18 heavy (non-hydrogen) atoms. The van der Waals surface area contributed by atoms with E-state index in [1.165, 1.54) is 16.2 Å². The van der Waals surface area contributed by atoms with Crippen molar-refractivity contribution >= 4 is 44.2 Å². The number of para-hydroxylation sites is 1. The van der Waals surface area contributed by atoms with Gasteiger partial charge in [-0.15, -0.1) is 0 Å². The fourth-order valence-corrected chi connectivity index (χ4v) is 2.92. The molecule has 4 aromatic rings. The number of fused-ring (bicyclic) bond motifs is 4. The van der Waals surface area contributed by atoms with Crippen LogP contribution in [0.25, 0.3) is 32.6 Å². The van der Waals surface area contributed by atoms with Gasteiger partial charge in [0, 0.05) is 21.7 Å². The van der Waals surface area contributed by atoms with Crippen LogP contribution < -0.4 is 0 Å². The number of benzene rings is 3. The van der Waals surface area contributed by atoms with Crippen LogP contribution in [-0.4, -0.2) is 4.98 Å². The van der Waals surface area contributed by atoms with Crippen molar-refractivity contribution in [2.75, 3.05) is 0 Å². The Balaban J connectivity index is 2.33. The van der Waals surface area contributed by atoms with Crippen LogP contribution in [0.1, 0.15) is 0 Å². The molecular weight excluding hydrogens is 242 g/mol. The second kappa shape index (κ2) is 3.50. The maximum absolute atomic E-state index is 6.51. The van der Waals surface area contributed by atoms with Gasteiger partial charge in [-0.25, -0.2) is 0 Å². The third kappa shape index (κ3) is 1.22. The molecule has 4 rings (SSSR count). The van der Waals surface area contributed by atoms with Crippen LogP contribution in [0.5, 0.6) is 0 Å². The molecule has 0 aliphatic carbocycles. The van der Waals surface area contributed by atoms with E-state index in [0.717, 1.165) is 21.4 Å². The zero-order valence-electron chi connectivity index (χ0n) is 9.57. The second-order valence-corrected chi connectivity index (χ2v) is 4.88. The zero-order chi connectivity index (χ0) is 12.1. The lowest BCUT2D eigenvalue weighted by Crippen LogP contribution is -1.76. The Morgan fingerprint density at radius 2 is 1.50 bits per heavy atom. The smallest absolute Gasteiger partial charge is 0.0725 e. The molecule has 0 atom stereocenters. The molecule has 1 N–H and O–H groups in total. The van der Waals surface area contributed by atoms with Crippen LogP contribution in [0.2, 0.25) is 5.02 Å². The minimum atomic E-state index is 0.805. The summed E-state index contributed by atoms with van der Waals surface area (Å²) in [5.41, 5.74) is 2.15. The summed E-state index contributed by atoms with van der Waals surface area (Å²) in [6.45, 7) is 0. The fraction of sp³-hybridized carbons (Fsp3) is 0. The van der Waals surface area contributed by atoms with E-state index >= 15 is 0 Å². The standard InChI is InChI=1S/C16H10ClN/c17-15-11-6-2-1-5-10(11)9-13-12-7-3-4-8-14(12)18-16(13)15/h1-9,18H. The Bertz CT molecular complexity index is 889. The Hall–Kier alpha value is -1.99. The summed E-state index contributed by atoms with van der Waals surface area (Å²) in [7, 11) is 0. The summed E-state index contributed by atoms with van der Waals surface area (Å²) in [6, 6.07) is 18.7. The third-order valence-electron chi connectivity index (χ3n) is 3.46. The summed E-state index contributed by atoms with van der Waals surface area (Å²) in [5, 5.41) is 5.49. The van der Waals surface area contributed by atoms with Gasteiger partial charge in [0.1, 0.15) is 0 Å². The highest BCUT2D eigenvalue weighted by Gasteiger charge is 2.10. The van der Waals surface area contributed by atoms with Crippen molar-refractivity contribution < 1.29 is 0 Å². The summed E-state index contributed by atoms with van der Waals surface area (Å²) in [6.07, 6.45) is 0. The molecule has 0 saturated heterocycles. The third-order valence-corrected chi connectivity index (χ3v) is 3.86. The molecule has 0 unspecified atom stereocenters. The normalized spacial score (nSPS) is 11.6. The van der Waals surface area contributed by atoms with E-state index in [2.05, 4.69) is 41.4 Å². The molecule has 0 saturated carbocycles. The Labute approximate surface area is 109 Å². The molecule has 0 bridgehead atoms. The van der Waals surface area contributed by atoms with E-state index in [4.69, 9.17) is 11.6 Å². The molecule has 0 radical (unpaired) electrons. The van der Waals surface area contributed by atoms with Crippen LogP contribution >= 0.6 is 11.6 Å². The summed E-state index contributed by atoms with van der Waals surface area (Å²) < 4.78 is 0. The molecule has 0 spiro atoms. The van der Waals surface area contributed by atoms with Crippen molar-refractivity contribution in [3.8, 4) is 0 Å². The van der Waals surface area contributed by atoms with Gasteiger partial charge in [-0.3, -0.25) is 0 Å². The van der Waals surface area contributed by atoms with Crippen molar-refractivity contribution in [3.05, 3.63) is 59.6 Å². The lowest BCUT2D eigenvalue weighted by atomic mass is 10.1. The van der Waals surface area contributed by atoms with Crippen LogP contribution in [0, 0.1) is 0 Å². The first kappa shape index (κ1) is 9.98. The maximum Gasteiger partial charge on any atom is 0.0725 e. The first-order chi connectivity index (χ1) is 8.84. The van der Waals surface area contributed by atoms with E-state index in [-0.39, 0.29) is 0 Å². The van der Waals surface area contributed by atoms with E-state index in [1.54, 1.807) is 0 Å². The number of nitrogens with one attached hydrogen (secondary N) is 1. The van der Waals surface area contributed by atoms with Crippen LogP contribution in [0.3, 0.4) is 0 Å². The van der Waals surface area contributed by atoms with E-state index in [9.17, 15) is 0 Å². The molecule has 1 heterocycles. The van der Waals surface area contributed by atoms with Gasteiger partial charge in [-0.1, -0.05) is 54.1 Å². The van der Waals surface area contributed by atoms with Gasteiger partial charge in [-0.05, 0) is 17.5 Å². The van der Waals surface area contributed by atoms with Gasteiger partial charge in [0.05, 0.1) is 10.5 Å². The molecule has 0 aliphatic rings. The number of aromatic nitrogens is 1. The monoisotopic (exact) mass is 251 g/mol. The minimum Gasteiger partial charge on any atom is -0.353 e. The number of hydrogen-bond donors (Lipinski definition) is 1. The number of H-pyrrole nitrogens is 1. The van der Waals surface area contributed by atoms with E-state index in [1.807, 2.05) is 18.2 Å². The predicted octanol–water partition coefficient (Wildman–Crippen LogP) is 5.13. The van der Waals surface area contributed by atoms with Gasteiger partial charge in [0.2, 0.25) is 0 Å². The van der Waals surface area contributed by atoms with Gasteiger partial charge in [0.25, 0.3) is 0 Å².